The van der Waals surface area contributed by atoms with E-state index in [1.165, 1.54) is 11.8 Å². The maximum absolute atomic E-state index is 12.5. The molecule has 3 aromatic carbocycles. The van der Waals surface area contributed by atoms with E-state index in [0.29, 0.717) is 11.5 Å². The number of amides is 1. The Morgan fingerprint density at radius 1 is 1.00 bits per heavy atom. The van der Waals surface area contributed by atoms with Gasteiger partial charge in [0, 0.05) is 5.56 Å². The Morgan fingerprint density at radius 2 is 1.73 bits per heavy atom. The van der Waals surface area contributed by atoms with Crippen LogP contribution in [0.25, 0.3) is 28.3 Å². The molecule has 4 aromatic rings. The molecule has 5 rings (SSSR count). The number of hydrogen-bond donors (Lipinski definition) is 0. The Labute approximate surface area is 183 Å². The van der Waals surface area contributed by atoms with E-state index in [2.05, 4.69) is 5.16 Å². The van der Waals surface area contributed by atoms with Gasteiger partial charge in [-0.2, -0.15) is 0 Å². The summed E-state index contributed by atoms with van der Waals surface area (Å²) in [7, 11) is 0. The minimum Gasteiger partial charge on any atom is -0.355 e. The van der Waals surface area contributed by atoms with Gasteiger partial charge in [-0.25, -0.2) is 0 Å². The second kappa shape index (κ2) is 7.89. The Morgan fingerprint density at radius 3 is 2.50 bits per heavy atom. The standard InChI is InChI=1S/C24H16N2O2S2/c27-24-26(15-16-7-3-1-4-8-16)23(29)21(30-24)14-17-11-12-20-19(13-17)22(28-25-20)18-9-5-2-6-10-18/h1-14H,15H2. The molecule has 0 spiro atoms. The van der Waals surface area contributed by atoms with Crippen LogP contribution >= 0.6 is 24.0 Å². The molecule has 1 fully saturated rings. The molecule has 1 aromatic heterocycles. The van der Waals surface area contributed by atoms with Crippen molar-refractivity contribution in [2.75, 3.05) is 0 Å². The molecule has 0 radical (unpaired) electrons. The lowest BCUT2D eigenvalue weighted by Crippen LogP contribution is -2.26. The molecule has 0 bridgehead atoms. The van der Waals surface area contributed by atoms with Gasteiger partial charge in [-0.15, -0.1) is 0 Å². The molecular formula is C24H16N2O2S2. The maximum Gasteiger partial charge on any atom is 0.291 e. The van der Waals surface area contributed by atoms with Crippen LogP contribution in [0.2, 0.25) is 0 Å². The second-order valence-corrected chi connectivity index (χ2v) is 8.29. The van der Waals surface area contributed by atoms with Crippen molar-refractivity contribution in [1.29, 1.82) is 0 Å². The van der Waals surface area contributed by atoms with Crippen LogP contribution in [-0.4, -0.2) is 20.3 Å². The van der Waals surface area contributed by atoms with Crippen molar-refractivity contribution in [2.45, 2.75) is 6.54 Å². The van der Waals surface area contributed by atoms with Gasteiger partial charge < -0.3 is 4.52 Å². The molecule has 1 amide bonds. The quantitative estimate of drug-likeness (QED) is 0.273. The summed E-state index contributed by atoms with van der Waals surface area (Å²) in [6.45, 7) is 0.478. The molecule has 0 aliphatic carbocycles. The summed E-state index contributed by atoms with van der Waals surface area (Å²) in [4.78, 5) is 15.5. The summed E-state index contributed by atoms with van der Waals surface area (Å²) >= 11 is 6.78. The fourth-order valence-corrected chi connectivity index (χ4v) is 4.64. The molecular weight excluding hydrogens is 412 g/mol. The van der Waals surface area contributed by atoms with Gasteiger partial charge in [0.25, 0.3) is 5.24 Å². The summed E-state index contributed by atoms with van der Waals surface area (Å²) < 4.78 is 5.58. The van der Waals surface area contributed by atoms with Gasteiger partial charge in [-0.1, -0.05) is 84.1 Å². The van der Waals surface area contributed by atoms with Crippen LogP contribution in [0.1, 0.15) is 11.1 Å². The lowest BCUT2D eigenvalue weighted by molar-refractivity contribution is 0.244. The Balaban J connectivity index is 1.46. The lowest BCUT2D eigenvalue weighted by Gasteiger charge is -2.14. The lowest BCUT2D eigenvalue weighted by atomic mass is 10.1. The van der Waals surface area contributed by atoms with Crippen LogP contribution in [0.15, 0.2) is 88.3 Å². The van der Waals surface area contributed by atoms with Crippen molar-refractivity contribution in [3.8, 4) is 11.3 Å². The first-order chi connectivity index (χ1) is 14.7. The summed E-state index contributed by atoms with van der Waals surface area (Å²) in [5, 5.41) is 5.04. The number of aromatic nitrogens is 1. The normalized spacial score (nSPS) is 15.5. The Kier molecular flexibility index (Phi) is 4.94. The number of hydrogen-bond acceptors (Lipinski definition) is 5. The molecule has 30 heavy (non-hydrogen) atoms. The van der Waals surface area contributed by atoms with Crippen molar-refractivity contribution in [3.05, 3.63) is 94.9 Å². The van der Waals surface area contributed by atoms with E-state index in [-0.39, 0.29) is 5.24 Å². The fourth-order valence-electron chi connectivity index (χ4n) is 3.40. The van der Waals surface area contributed by atoms with E-state index < -0.39 is 0 Å². The number of nitrogens with zero attached hydrogens (tertiary/aromatic N) is 2. The van der Waals surface area contributed by atoms with Crippen LogP contribution < -0.4 is 0 Å². The first-order valence-corrected chi connectivity index (χ1v) is 10.7. The molecule has 1 aliphatic heterocycles. The summed E-state index contributed by atoms with van der Waals surface area (Å²) in [5.74, 6) is 0.731. The molecule has 6 heteroatoms. The van der Waals surface area contributed by atoms with Crippen molar-refractivity contribution in [3.63, 3.8) is 0 Å². The molecule has 0 saturated carbocycles. The fraction of sp³-hybridized carbons (Fsp3) is 0.0417. The van der Waals surface area contributed by atoms with Gasteiger partial charge in [-0.05, 0) is 41.1 Å². The van der Waals surface area contributed by atoms with Crippen molar-refractivity contribution in [2.24, 2.45) is 0 Å². The Bertz CT molecular complexity index is 1280. The third-order valence-electron chi connectivity index (χ3n) is 4.89. The molecule has 1 aliphatic rings. The zero-order chi connectivity index (χ0) is 20.5. The van der Waals surface area contributed by atoms with E-state index in [1.54, 1.807) is 4.90 Å². The molecule has 146 valence electrons. The predicted octanol–water partition coefficient (Wildman–Crippen LogP) is 6.53. The van der Waals surface area contributed by atoms with E-state index in [4.69, 9.17) is 16.7 Å². The van der Waals surface area contributed by atoms with Crippen LogP contribution in [0.3, 0.4) is 0 Å². The van der Waals surface area contributed by atoms with E-state index in [1.807, 2.05) is 84.9 Å². The van der Waals surface area contributed by atoms with E-state index in [0.717, 1.165) is 38.3 Å². The van der Waals surface area contributed by atoms with Gasteiger partial charge in [0.1, 0.15) is 10.5 Å². The van der Waals surface area contributed by atoms with Gasteiger partial charge in [-0.3, -0.25) is 9.69 Å². The third kappa shape index (κ3) is 3.56. The highest BCUT2D eigenvalue weighted by Crippen LogP contribution is 2.35. The minimum absolute atomic E-state index is 0.0499. The zero-order valence-corrected chi connectivity index (χ0v) is 17.5. The minimum atomic E-state index is -0.0499. The average Bonchev–Trinajstić information content (AvgIpc) is 3.31. The van der Waals surface area contributed by atoms with Gasteiger partial charge >= 0.3 is 0 Å². The van der Waals surface area contributed by atoms with E-state index in [9.17, 15) is 4.79 Å². The number of thiocarbonyl (C=S) groups is 1. The monoisotopic (exact) mass is 428 g/mol. The number of carbonyl (C=O) groups is 1. The van der Waals surface area contributed by atoms with Crippen LogP contribution in [0, 0.1) is 0 Å². The van der Waals surface area contributed by atoms with E-state index >= 15 is 0 Å². The van der Waals surface area contributed by atoms with Crippen LogP contribution in [0.4, 0.5) is 4.79 Å². The largest absolute Gasteiger partial charge is 0.355 e. The van der Waals surface area contributed by atoms with Gasteiger partial charge in [0.2, 0.25) is 0 Å². The first kappa shape index (κ1) is 18.8. The topological polar surface area (TPSA) is 46.3 Å². The predicted molar refractivity (Wildman–Crippen MR) is 125 cm³/mol. The van der Waals surface area contributed by atoms with Crippen molar-refractivity contribution >= 4 is 51.2 Å². The smallest absolute Gasteiger partial charge is 0.291 e. The van der Waals surface area contributed by atoms with Gasteiger partial charge in [0.05, 0.1) is 16.8 Å². The zero-order valence-electron chi connectivity index (χ0n) is 15.8. The second-order valence-electron chi connectivity index (χ2n) is 6.91. The number of fused-ring (bicyclic) bond motifs is 1. The number of rotatable bonds is 4. The highest BCUT2D eigenvalue weighted by Gasteiger charge is 2.31. The van der Waals surface area contributed by atoms with Crippen LogP contribution in [-0.2, 0) is 6.54 Å². The maximum atomic E-state index is 12.5. The highest BCUT2D eigenvalue weighted by molar-refractivity contribution is 8.19. The van der Waals surface area contributed by atoms with Gasteiger partial charge in [0.15, 0.2) is 5.76 Å². The summed E-state index contributed by atoms with van der Waals surface area (Å²) in [6.07, 6.45) is 1.96. The molecule has 0 N–H and O–H groups in total. The summed E-state index contributed by atoms with van der Waals surface area (Å²) in [6, 6.07) is 25.7. The number of thioether (sulfide) groups is 1. The van der Waals surface area contributed by atoms with Crippen molar-refractivity contribution < 1.29 is 9.32 Å². The Hall–Kier alpha value is -3.22. The molecule has 2 heterocycles. The number of carbonyl (C=O) groups excluding carboxylic acids is 1. The highest BCUT2D eigenvalue weighted by atomic mass is 32.2. The SMILES string of the molecule is O=C1SC(=Cc2ccc3noc(-c4ccccc4)c3c2)C(=S)N1Cc1ccccc1. The van der Waals surface area contributed by atoms with Crippen molar-refractivity contribution in [1.82, 2.24) is 10.1 Å². The molecule has 0 unspecified atom stereocenters. The third-order valence-corrected chi connectivity index (χ3v) is 6.39. The summed E-state index contributed by atoms with van der Waals surface area (Å²) in [5.41, 5.74) is 3.76. The molecule has 0 atom stereocenters. The average molecular weight is 429 g/mol. The molecule has 4 nitrogen and oxygen atoms in total. The first-order valence-electron chi connectivity index (χ1n) is 9.43. The molecule has 1 saturated heterocycles. The number of benzene rings is 3. The van der Waals surface area contributed by atoms with Crippen LogP contribution in [0.5, 0.6) is 0 Å².